The van der Waals surface area contributed by atoms with Crippen LogP contribution in [0.25, 0.3) is 0 Å². The highest BCUT2D eigenvalue weighted by Crippen LogP contribution is 2.21. The molecular formula is C21H24FN3O3. The number of likely N-dealkylation sites (N-methyl/N-ethyl adjacent to an activating group) is 1. The van der Waals surface area contributed by atoms with Crippen LogP contribution in [0, 0.1) is 5.82 Å². The summed E-state index contributed by atoms with van der Waals surface area (Å²) >= 11 is 0. The van der Waals surface area contributed by atoms with Gasteiger partial charge in [0, 0.05) is 31.9 Å². The van der Waals surface area contributed by atoms with E-state index in [1.165, 1.54) is 24.3 Å². The summed E-state index contributed by atoms with van der Waals surface area (Å²) in [5.74, 6) is -1.41. The lowest BCUT2D eigenvalue weighted by Gasteiger charge is -2.37. The van der Waals surface area contributed by atoms with Gasteiger partial charge in [-0.1, -0.05) is 25.1 Å². The number of halogens is 1. The Morgan fingerprint density at radius 2 is 1.75 bits per heavy atom. The van der Waals surface area contributed by atoms with Crippen LogP contribution in [0.4, 0.5) is 14.9 Å². The zero-order valence-corrected chi connectivity index (χ0v) is 15.8. The third kappa shape index (κ3) is 4.67. The van der Waals surface area contributed by atoms with Gasteiger partial charge in [0.2, 0.25) is 0 Å². The predicted octanol–water partition coefficient (Wildman–Crippen LogP) is 3.29. The lowest BCUT2D eigenvalue weighted by Crippen LogP contribution is -2.52. The summed E-state index contributed by atoms with van der Waals surface area (Å²) in [6, 6.07) is 12.2. The standard InChI is InChI=1S/C21H24FN3O3/c1-2-23-10-12-24(13-11-23)21(28)25(19-5-3-4-18(22)14-19)15-16-6-8-17(9-7-16)20(26)27/h3-9,14H,2,10-13,15H2,1H3,(H,26,27). The molecule has 0 bridgehead atoms. The van der Waals surface area contributed by atoms with Crippen LogP contribution in [0.15, 0.2) is 48.5 Å². The summed E-state index contributed by atoms with van der Waals surface area (Å²) in [4.78, 5) is 29.8. The maximum absolute atomic E-state index is 13.8. The minimum Gasteiger partial charge on any atom is -0.478 e. The first-order chi connectivity index (χ1) is 13.5. The average molecular weight is 385 g/mol. The lowest BCUT2D eigenvalue weighted by molar-refractivity contribution is 0.0697. The van der Waals surface area contributed by atoms with Gasteiger partial charge >= 0.3 is 12.0 Å². The van der Waals surface area contributed by atoms with Crippen molar-refractivity contribution in [3.8, 4) is 0 Å². The monoisotopic (exact) mass is 385 g/mol. The lowest BCUT2D eigenvalue weighted by atomic mass is 10.1. The smallest absolute Gasteiger partial charge is 0.335 e. The van der Waals surface area contributed by atoms with Gasteiger partial charge in [-0.05, 0) is 42.4 Å². The van der Waals surface area contributed by atoms with Crippen LogP contribution in [0.2, 0.25) is 0 Å². The molecule has 1 N–H and O–H groups in total. The van der Waals surface area contributed by atoms with Crippen molar-refractivity contribution in [2.24, 2.45) is 0 Å². The Kier molecular flexibility index (Phi) is 6.26. The summed E-state index contributed by atoms with van der Waals surface area (Å²) in [6.45, 7) is 6.14. The van der Waals surface area contributed by atoms with Crippen LogP contribution in [-0.4, -0.2) is 59.6 Å². The summed E-state index contributed by atoms with van der Waals surface area (Å²) in [7, 11) is 0. The van der Waals surface area contributed by atoms with E-state index in [-0.39, 0.29) is 18.1 Å². The Morgan fingerprint density at radius 1 is 1.07 bits per heavy atom. The Hall–Kier alpha value is -2.93. The molecule has 0 radical (unpaired) electrons. The summed E-state index contributed by atoms with van der Waals surface area (Å²) in [6.07, 6.45) is 0. The number of carboxylic acid groups (broad SMARTS) is 1. The number of nitrogens with zero attached hydrogens (tertiary/aromatic N) is 3. The van der Waals surface area contributed by atoms with Crippen LogP contribution in [0.1, 0.15) is 22.8 Å². The Morgan fingerprint density at radius 3 is 2.32 bits per heavy atom. The highest BCUT2D eigenvalue weighted by atomic mass is 19.1. The maximum Gasteiger partial charge on any atom is 0.335 e. The van der Waals surface area contributed by atoms with E-state index in [4.69, 9.17) is 5.11 Å². The molecule has 0 aliphatic carbocycles. The molecule has 148 valence electrons. The first kappa shape index (κ1) is 19.8. The Labute approximate surface area is 163 Å². The van der Waals surface area contributed by atoms with Crippen molar-refractivity contribution >= 4 is 17.7 Å². The van der Waals surface area contributed by atoms with E-state index in [2.05, 4.69) is 11.8 Å². The molecule has 0 aromatic heterocycles. The molecule has 0 saturated carbocycles. The number of carbonyl (C=O) groups excluding carboxylic acids is 1. The van der Waals surface area contributed by atoms with Crippen LogP contribution in [-0.2, 0) is 6.54 Å². The Balaban J connectivity index is 1.83. The van der Waals surface area contributed by atoms with E-state index in [9.17, 15) is 14.0 Å². The van der Waals surface area contributed by atoms with Gasteiger partial charge in [-0.25, -0.2) is 14.0 Å². The fourth-order valence-electron chi connectivity index (χ4n) is 3.27. The maximum atomic E-state index is 13.8. The van der Waals surface area contributed by atoms with Gasteiger partial charge in [0.05, 0.1) is 12.1 Å². The molecule has 2 amide bonds. The van der Waals surface area contributed by atoms with Crippen molar-refractivity contribution < 1.29 is 19.1 Å². The Bertz CT molecular complexity index is 833. The van der Waals surface area contributed by atoms with Crippen molar-refractivity contribution in [3.63, 3.8) is 0 Å². The van der Waals surface area contributed by atoms with E-state index >= 15 is 0 Å². The first-order valence-corrected chi connectivity index (χ1v) is 9.34. The van der Waals surface area contributed by atoms with Gasteiger partial charge < -0.3 is 14.9 Å². The van der Waals surface area contributed by atoms with Crippen molar-refractivity contribution in [2.75, 3.05) is 37.6 Å². The number of anilines is 1. The zero-order chi connectivity index (χ0) is 20.1. The van der Waals surface area contributed by atoms with Gasteiger partial charge in [-0.15, -0.1) is 0 Å². The van der Waals surface area contributed by atoms with Gasteiger partial charge in [0.25, 0.3) is 0 Å². The second-order valence-electron chi connectivity index (χ2n) is 6.77. The zero-order valence-electron chi connectivity index (χ0n) is 15.8. The molecular weight excluding hydrogens is 361 g/mol. The molecule has 0 atom stereocenters. The number of amides is 2. The number of piperazine rings is 1. The van der Waals surface area contributed by atoms with Crippen LogP contribution in [0.5, 0.6) is 0 Å². The van der Waals surface area contributed by atoms with E-state index < -0.39 is 11.8 Å². The van der Waals surface area contributed by atoms with Crippen LogP contribution >= 0.6 is 0 Å². The average Bonchev–Trinajstić information content (AvgIpc) is 2.72. The number of hydrogen-bond donors (Lipinski definition) is 1. The van der Waals surface area contributed by atoms with Crippen LogP contribution in [0.3, 0.4) is 0 Å². The predicted molar refractivity (Wildman–Crippen MR) is 105 cm³/mol. The topological polar surface area (TPSA) is 64.1 Å². The molecule has 1 aliphatic heterocycles. The molecule has 1 heterocycles. The van der Waals surface area contributed by atoms with Gasteiger partial charge in [0.15, 0.2) is 0 Å². The molecule has 7 heteroatoms. The van der Waals surface area contributed by atoms with Crippen molar-refractivity contribution in [2.45, 2.75) is 13.5 Å². The highest BCUT2D eigenvalue weighted by molar-refractivity contribution is 5.92. The summed E-state index contributed by atoms with van der Waals surface area (Å²) < 4.78 is 13.8. The van der Waals surface area contributed by atoms with Crippen molar-refractivity contribution in [3.05, 3.63) is 65.5 Å². The molecule has 1 aliphatic rings. The van der Waals surface area contributed by atoms with Gasteiger partial charge in [-0.2, -0.15) is 0 Å². The molecule has 6 nitrogen and oxygen atoms in total. The number of benzene rings is 2. The summed E-state index contributed by atoms with van der Waals surface area (Å²) in [5, 5.41) is 9.05. The van der Waals surface area contributed by atoms with Crippen molar-refractivity contribution in [1.82, 2.24) is 9.80 Å². The van der Waals surface area contributed by atoms with E-state index in [1.807, 2.05) is 0 Å². The quantitative estimate of drug-likeness (QED) is 0.858. The normalized spacial score (nSPS) is 14.7. The van der Waals surface area contributed by atoms with Crippen molar-refractivity contribution in [1.29, 1.82) is 0 Å². The third-order valence-corrected chi connectivity index (χ3v) is 4.98. The number of aromatic carboxylic acids is 1. The highest BCUT2D eigenvalue weighted by Gasteiger charge is 2.26. The molecule has 0 unspecified atom stereocenters. The number of carboxylic acids is 1. The number of rotatable bonds is 5. The van der Waals surface area contributed by atoms with Gasteiger partial charge in [0.1, 0.15) is 5.82 Å². The molecule has 3 rings (SSSR count). The number of carbonyl (C=O) groups is 2. The molecule has 1 saturated heterocycles. The third-order valence-electron chi connectivity index (χ3n) is 4.98. The minimum absolute atomic E-state index is 0.177. The fraction of sp³-hybridized carbons (Fsp3) is 0.333. The SMILES string of the molecule is CCN1CCN(C(=O)N(Cc2ccc(C(=O)O)cc2)c2cccc(F)c2)CC1. The second-order valence-corrected chi connectivity index (χ2v) is 6.77. The fourth-order valence-corrected chi connectivity index (χ4v) is 3.27. The minimum atomic E-state index is -1.00. The summed E-state index contributed by atoms with van der Waals surface area (Å²) in [5.41, 5.74) is 1.43. The molecule has 0 spiro atoms. The van der Waals surface area contributed by atoms with E-state index in [0.29, 0.717) is 18.8 Å². The second kappa shape index (κ2) is 8.84. The largest absolute Gasteiger partial charge is 0.478 e. The van der Waals surface area contributed by atoms with Gasteiger partial charge in [-0.3, -0.25) is 4.90 Å². The molecule has 28 heavy (non-hydrogen) atoms. The number of hydrogen-bond acceptors (Lipinski definition) is 3. The molecule has 1 fully saturated rings. The van der Waals surface area contributed by atoms with Crippen LogP contribution < -0.4 is 4.90 Å². The van der Waals surface area contributed by atoms with E-state index in [0.717, 1.165) is 25.2 Å². The number of urea groups is 1. The first-order valence-electron chi connectivity index (χ1n) is 9.34. The van der Waals surface area contributed by atoms with E-state index in [1.54, 1.807) is 34.1 Å². The molecule has 2 aromatic carbocycles. The molecule has 2 aromatic rings.